The van der Waals surface area contributed by atoms with Crippen LogP contribution in [0.5, 0.6) is 0 Å². The number of aromatic nitrogens is 2. The second kappa shape index (κ2) is 3.84. The lowest BCUT2D eigenvalue weighted by molar-refractivity contribution is 0.00758. The fourth-order valence-corrected chi connectivity index (χ4v) is 0.864. The van der Waals surface area contributed by atoms with Gasteiger partial charge in [0, 0.05) is 6.92 Å². The number of hydrogen-bond acceptors (Lipinski definition) is 4. The van der Waals surface area contributed by atoms with Crippen LogP contribution in [0.25, 0.3) is 0 Å². The Balaban J connectivity index is 3.15. The molecule has 0 atom stereocenters. The van der Waals surface area contributed by atoms with Crippen LogP contribution in [0.3, 0.4) is 0 Å². The van der Waals surface area contributed by atoms with Crippen molar-refractivity contribution in [2.24, 2.45) is 0 Å². The van der Waals surface area contributed by atoms with Crippen LogP contribution in [-0.4, -0.2) is 23.0 Å². The van der Waals surface area contributed by atoms with Crippen molar-refractivity contribution in [1.82, 2.24) is 9.97 Å². The maximum Gasteiger partial charge on any atom is 0.358 e. The topological polar surface area (TPSA) is 52.1 Å². The van der Waals surface area contributed by atoms with Gasteiger partial charge in [-0.1, -0.05) is 0 Å². The number of carbonyl (C=O) groups excluding carboxylic acids is 1. The molecule has 0 saturated heterocycles. The van der Waals surface area contributed by atoms with Crippen LogP contribution in [0, 0.1) is 5.95 Å². The number of ether oxygens (including phenoxy) is 1. The molecule has 1 aromatic rings. The maximum atomic E-state index is 13.0. The van der Waals surface area contributed by atoms with Gasteiger partial charge < -0.3 is 4.74 Å². The Labute approximate surface area is 83.1 Å². The van der Waals surface area contributed by atoms with E-state index in [0.29, 0.717) is 6.92 Å². The van der Waals surface area contributed by atoms with Gasteiger partial charge in [0.05, 0.1) is 13.3 Å². The summed E-state index contributed by atoms with van der Waals surface area (Å²) in [6.07, 6.45) is 0.738. The van der Waals surface area contributed by atoms with E-state index in [1.54, 1.807) is 0 Å². The minimum Gasteiger partial charge on any atom is -0.464 e. The molecule has 0 aliphatic heterocycles. The Bertz CT molecular complexity index is 390. The fraction of sp³-hybridized carbons (Fsp3) is 0.375. The quantitative estimate of drug-likeness (QED) is 0.709. The van der Waals surface area contributed by atoms with E-state index in [1.807, 2.05) is 0 Å². The number of hydrogen-bond donors (Lipinski definition) is 0. The highest BCUT2D eigenvalue weighted by atomic mass is 19.3. The van der Waals surface area contributed by atoms with Crippen LogP contribution in [-0.2, 0) is 10.7 Å². The summed E-state index contributed by atoms with van der Waals surface area (Å²) in [7, 11) is 1.06. The average Bonchev–Trinajstić information content (AvgIpc) is 2.14. The Hall–Kier alpha value is -1.66. The normalized spacial score (nSPS) is 11.3. The molecule has 0 aliphatic carbocycles. The Morgan fingerprint density at radius 2 is 2.13 bits per heavy atom. The van der Waals surface area contributed by atoms with Gasteiger partial charge in [0.1, 0.15) is 0 Å². The summed E-state index contributed by atoms with van der Waals surface area (Å²) in [6.45, 7) is 0.484. The smallest absolute Gasteiger partial charge is 0.358 e. The summed E-state index contributed by atoms with van der Waals surface area (Å²) in [4.78, 5) is 17.0. The average molecular weight is 220 g/mol. The van der Waals surface area contributed by atoms with Gasteiger partial charge in [0.2, 0.25) is 5.95 Å². The number of esters is 1. The first-order valence-electron chi connectivity index (χ1n) is 3.85. The molecule has 0 aliphatic rings. The highest BCUT2D eigenvalue weighted by molar-refractivity contribution is 5.86. The Morgan fingerprint density at radius 3 is 2.53 bits per heavy atom. The van der Waals surface area contributed by atoms with Crippen molar-refractivity contribution in [2.75, 3.05) is 7.11 Å². The van der Waals surface area contributed by atoms with Gasteiger partial charge in [-0.25, -0.2) is 14.8 Å². The van der Waals surface area contributed by atoms with Crippen LogP contribution >= 0.6 is 0 Å². The minimum atomic E-state index is -3.44. The molecule has 7 heteroatoms. The van der Waals surface area contributed by atoms with Crippen molar-refractivity contribution in [2.45, 2.75) is 12.8 Å². The fourth-order valence-electron chi connectivity index (χ4n) is 0.864. The summed E-state index contributed by atoms with van der Waals surface area (Å²) in [5.74, 6) is -5.86. The third kappa shape index (κ3) is 2.42. The van der Waals surface area contributed by atoms with Gasteiger partial charge in [-0.15, -0.1) is 0 Å². The molecular weight excluding hydrogens is 213 g/mol. The van der Waals surface area contributed by atoms with Crippen LogP contribution < -0.4 is 0 Å². The van der Waals surface area contributed by atoms with Crippen LogP contribution in [0.2, 0.25) is 0 Å². The van der Waals surface area contributed by atoms with E-state index in [9.17, 15) is 18.0 Å². The number of alkyl halides is 2. The number of carbonyl (C=O) groups is 1. The predicted molar refractivity (Wildman–Crippen MR) is 42.9 cm³/mol. The SMILES string of the molecule is COC(=O)c1cnc(C(C)(F)F)c(F)n1. The lowest BCUT2D eigenvalue weighted by atomic mass is 10.2. The van der Waals surface area contributed by atoms with Gasteiger partial charge in [-0.05, 0) is 0 Å². The molecule has 15 heavy (non-hydrogen) atoms. The first kappa shape index (κ1) is 11.4. The van der Waals surface area contributed by atoms with Crippen molar-refractivity contribution in [3.05, 3.63) is 23.5 Å². The molecular formula is C8H7F3N2O2. The minimum absolute atomic E-state index is 0.456. The zero-order chi connectivity index (χ0) is 11.6. The van der Waals surface area contributed by atoms with E-state index in [2.05, 4.69) is 14.7 Å². The first-order chi connectivity index (χ1) is 6.86. The molecule has 0 bridgehead atoms. The van der Waals surface area contributed by atoms with Gasteiger partial charge in [-0.2, -0.15) is 13.2 Å². The zero-order valence-electron chi connectivity index (χ0n) is 7.92. The lowest BCUT2D eigenvalue weighted by Crippen LogP contribution is -2.16. The molecule has 1 rings (SSSR count). The maximum absolute atomic E-state index is 13.0. The Morgan fingerprint density at radius 1 is 1.53 bits per heavy atom. The molecule has 1 aromatic heterocycles. The van der Waals surface area contributed by atoms with Gasteiger partial charge >= 0.3 is 5.97 Å². The molecule has 0 spiro atoms. The summed E-state index contributed by atoms with van der Waals surface area (Å²) >= 11 is 0. The van der Waals surface area contributed by atoms with Gasteiger partial charge in [0.25, 0.3) is 5.92 Å². The molecule has 0 aromatic carbocycles. The second-order valence-electron chi connectivity index (χ2n) is 2.77. The highest BCUT2D eigenvalue weighted by Crippen LogP contribution is 2.26. The molecule has 1 heterocycles. The molecule has 4 nitrogen and oxygen atoms in total. The van der Waals surface area contributed by atoms with Crippen molar-refractivity contribution >= 4 is 5.97 Å². The molecule has 82 valence electrons. The van der Waals surface area contributed by atoms with Gasteiger partial charge in [-0.3, -0.25) is 0 Å². The number of nitrogens with zero attached hydrogens (tertiary/aromatic N) is 2. The summed E-state index contributed by atoms with van der Waals surface area (Å²) in [6, 6.07) is 0. The molecule has 0 radical (unpaired) electrons. The Kier molecular flexibility index (Phi) is 2.92. The van der Waals surface area contributed by atoms with Crippen molar-refractivity contribution in [3.8, 4) is 0 Å². The van der Waals surface area contributed by atoms with E-state index < -0.39 is 29.2 Å². The van der Waals surface area contributed by atoms with Crippen LogP contribution in [0.1, 0.15) is 23.1 Å². The van der Waals surface area contributed by atoms with Crippen molar-refractivity contribution in [1.29, 1.82) is 0 Å². The largest absolute Gasteiger partial charge is 0.464 e. The second-order valence-corrected chi connectivity index (χ2v) is 2.77. The number of halogens is 3. The number of rotatable bonds is 2. The molecule has 0 amide bonds. The van der Waals surface area contributed by atoms with Crippen molar-refractivity contribution < 1.29 is 22.7 Å². The molecule has 0 fully saturated rings. The molecule has 0 saturated carbocycles. The van der Waals surface area contributed by atoms with E-state index in [1.165, 1.54) is 0 Å². The third-order valence-corrected chi connectivity index (χ3v) is 1.54. The van der Waals surface area contributed by atoms with Crippen LogP contribution in [0.15, 0.2) is 6.20 Å². The zero-order valence-corrected chi connectivity index (χ0v) is 7.92. The van der Waals surface area contributed by atoms with E-state index in [4.69, 9.17) is 0 Å². The third-order valence-electron chi connectivity index (χ3n) is 1.54. The molecule has 0 N–H and O–H groups in total. The van der Waals surface area contributed by atoms with Gasteiger partial charge in [0.15, 0.2) is 11.4 Å². The van der Waals surface area contributed by atoms with Crippen molar-refractivity contribution in [3.63, 3.8) is 0 Å². The first-order valence-corrected chi connectivity index (χ1v) is 3.85. The van der Waals surface area contributed by atoms with E-state index >= 15 is 0 Å². The molecule has 0 unspecified atom stereocenters. The summed E-state index contributed by atoms with van der Waals surface area (Å²) in [5, 5.41) is 0. The van der Waals surface area contributed by atoms with E-state index in [0.717, 1.165) is 13.3 Å². The van der Waals surface area contributed by atoms with Crippen LogP contribution in [0.4, 0.5) is 13.2 Å². The highest BCUT2D eigenvalue weighted by Gasteiger charge is 2.31. The monoisotopic (exact) mass is 220 g/mol. The van der Waals surface area contributed by atoms with E-state index in [-0.39, 0.29) is 0 Å². The summed E-state index contributed by atoms with van der Waals surface area (Å²) < 4.78 is 42.5. The standard InChI is InChI=1S/C8H7F3N2O2/c1-8(10,11)5-6(9)13-4(3-12-5)7(14)15-2/h3H,1-2H3. The summed E-state index contributed by atoms with van der Waals surface area (Å²) in [5.41, 5.74) is -1.56. The predicted octanol–water partition coefficient (Wildman–Crippen LogP) is 1.51. The number of methoxy groups -OCH3 is 1. The lowest BCUT2D eigenvalue weighted by Gasteiger charge is -2.09.